The van der Waals surface area contributed by atoms with Crippen LogP contribution in [0.25, 0.3) is 0 Å². The molecule has 35 heavy (non-hydrogen) atoms. The molecule has 14 atom stereocenters. The molecule has 0 radical (unpaired) electrons. The SMILES string of the molecule is CC1OC(OC2C(OCCN)OC(CO)C(O)C2OC2OC(CO)C(O)C(O)C2O)CC(O)C1O. The van der Waals surface area contributed by atoms with Crippen LogP contribution >= 0.6 is 0 Å². The van der Waals surface area contributed by atoms with Crippen molar-refractivity contribution in [3.63, 3.8) is 0 Å². The van der Waals surface area contributed by atoms with Crippen LogP contribution in [-0.2, 0) is 28.4 Å². The van der Waals surface area contributed by atoms with Crippen molar-refractivity contribution in [2.24, 2.45) is 5.73 Å². The summed E-state index contributed by atoms with van der Waals surface area (Å²) in [4.78, 5) is 0. The third-order valence-corrected chi connectivity index (χ3v) is 6.32. The quantitative estimate of drug-likeness (QED) is 0.139. The van der Waals surface area contributed by atoms with Crippen LogP contribution in [0.1, 0.15) is 13.3 Å². The minimum atomic E-state index is -1.78. The first kappa shape index (κ1) is 29.0. The van der Waals surface area contributed by atoms with Crippen LogP contribution < -0.4 is 5.73 Å². The summed E-state index contributed by atoms with van der Waals surface area (Å²) in [7, 11) is 0. The van der Waals surface area contributed by atoms with E-state index in [1.54, 1.807) is 0 Å². The summed E-state index contributed by atoms with van der Waals surface area (Å²) in [5.74, 6) is 0. The van der Waals surface area contributed by atoms with Gasteiger partial charge in [-0.1, -0.05) is 0 Å². The predicted octanol–water partition coefficient (Wildman–Crippen LogP) is -5.53. The summed E-state index contributed by atoms with van der Waals surface area (Å²) in [6, 6.07) is 0. The van der Waals surface area contributed by atoms with Crippen molar-refractivity contribution in [2.75, 3.05) is 26.4 Å². The van der Waals surface area contributed by atoms with E-state index in [0.29, 0.717) is 0 Å². The van der Waals surface area contributed by atoms with Crippen molar-refractivity contribution in [3.8, 4) is 0 Å². The standard InChI is InChI=1S/C20H37NO14/c1-7-12(25)8(24)4-11(31-7)34-18-17(14(27)10(6-23)33-20(18)30-3-2-21)35-19-16(29)15(28)13(26)9(5-22)32-19/h7-20,22-29H,2-6,21H2,1H3. The topological polar surface area (TPSA) is 243 Å². The van der Waals surface area contributed by atoms with Crippen molar-refractivity contribution in [1.82, 2.24) is 0 Å². The van der Waals surface area contributed by atoms with Crippen LogP contribution in [0.3, 0.4) is 0 Å². The molecule has 3 aliphatic rings. The summed E-state index contributed by atoms with van der Waals surface area (Å²) in [5.41, 5.74) is 5.52. The Hall–Kier alpha value is -0.600. The highest BCUT2D eigenvalue weighted by Crippen LogP contribution is 2.33. The van der Waals surface area contributed by atoms with E-state index in [1.165, 1.54) is 6.92 Å². The molecule has 0 spiro atoms. The Morgan fingerprint density at radius 1 is 0.743 bits per heavy atom. The fraction of sp³-hybridized carbons (Fsp3) is 1.00. The van der Waals surface area contributed by atoms with E-state index in [1.807, 2.05) is 0 Å². The van der Waals surface area contributed by atoms with Crippen LogP contribution in [-0.4, -0.2) is 153 Å². The molecule has 14 unspecified atom stereocenters. The minimum absolute atomic E-state index is 0.00516. The second-order valence-electron chi connectivity index (χ2n) is 8.84. The fourth-order valence-electron chi connectivity index (χ4n) is 4.28. The summed E-state index contributed by atoms with van der Waals surface area (Å²) >= 11 is 0. The molecule has 3 fully saturated rings. The second kappa shape index (κ2) is 12.8. The van der Waals surface area contributed by atoms with Gasteiger partial charge >= 0.3 is 0 Å². The lowest BCUT2D eigenvalue weighted by atomic mass is 9.96. The van der Waals surface area contributed by atoms with Gasteiger partial charge in [0.25, 0.3) is 0 Å². The molecule has 0 aromatic heterocycles. The zero-order valence-corrected chi connectivity index (χ0v) is 19.2. The summed E-state index contributed by atoms with van der Waals surface area (Å²) in [5, 5.41) is 80.6. The van der Waals surface area contributed by atoms with Crippen molar-refractivity contribution in [2.45, 2.75) is 99.4 Å². The maximum Gasteiger partial charge on any atom is 0.187 e. The molecule has 206 valence electrons. The van der Waals surface area contributed by atoms with E-state index in [4.69, 9.17) is 34.2 Å². The predicted molar refractivity (Wildman–Crippen MR) is 111 cm³/mol. The number of hydrogen-bond acceptors (Lipinski definition) is 15. The molecular weight excluding hydrogens is 478 g/mol. The molecule has 3 saturated heterocycles. The normalized spacial score (nSPS) is 49.2. The Balaban J connectivity index is 1.85. The van der Waals surface area contributed by atoms with Gasteiger partial charge < -0.3 is 75.0 Å². The maximum atomic E-state index is 10.9. The molecule has 0 saturated carbocycles. The van der Waals surface area contributed by atoms with Gasteiger partial charge in [0.05, 0.1) is 32.0 Å². The fourth-order valence-corrected chi connectivity index (χ4v) is 4.28. The minimum Gasteiger partial charge on any atom is -0.394 e. The van der Waals surface area contributed by atoms with Crippen LogP contribution in [0.2, 0.25) is 0 Å². The van der Waals surface area contributed by atoms with E-state index in [-0.39, 0.29) is 19.6 Å². The molecule has 15 heteroatoms. The number of aliphatic hydroxyl groups is 8. The molecule has 0 aromatic rings. The molecule has 0 amide bonds. The van der Waals surface area contributed by atoms with E-state index < -0.39 is 99.2 Å². The molecule has 15 nitrogen and oxygen atoms in total. The van der Waals surface area contributed by atoms with Crippen LogP contribution in [0.5, 0.6) is 0 Å². The number of aliphatic hydroxyl groups excluding tert-OH is 8. The van der Waals surface area contributed by atoms with Gasteiger partial charge in [-0.3, -0.25) is 0 Å². The Kier molecular flexibility index (Phi) is 10.6. The highest BCUT2D eigenvalue weighted by atomic mass is 16.8. The second-order valence-corrected chi connectivity index (χ2v) is 8.84. The van der Waals surface area contributed by atoms with Gasteiger partial charge in [0.1, 0.15) is 54.9 Å². The number of hydrogen-bond donors (Lipinski definition) is 9. The molecule has 3 aliphatic heterocycles. The van der Waals surface area contributed by atoms with Crippen LogP contribution in [0.15, 0.2) is 0 Å². The molecule has 0 bridgehead atoms. The Morgan fingerprint density at radius 3 is 1.97 bits per heavy atom. The molecule has 3 rings (SSSR count). The molecule has 0 aromatic carbocycles. The van der Waals surface area contributed by atoms with Crippen molar-refractivity contribution < 1.29 is 69.3 Å². The Labute approximate surface area is 201 Å². The number of rotatable bonds is 9. The first-order valence-electron chi connectivity index (χ1n) is 11.5. The first-order chi connectivity index (χ1) is 16.6. The van der Waals surface area contributed by atoms with E-state index >= 15 is 0 Å². The molecule has 3 heterocycles. The highest BCUT2D eigenvalue weighted by Gasteiger charge is 2.53. The zero-order valence-electron chi connectivity index (χ0n) is 19.2. The van der Waals surface area contributed by atoms with Crippen molar-refractivity contribution in [3.05, 3.63) is 0 Å². The van der Waals surface area contributed by atoms with Gasteiger partial charge in [-0.05, 0) is 6.92 Å². The van der Waals surface area contributed by atoms with Gasteiger partial charge in [0.2, 0.25) is 0 Å². The van der Waals surface area contributed by atoms with E-state index in [0.717, 1.165) is 0 Å². The van der Waals surface area contributed by atoms with Gasteiger partial charge in [-0.2, -0.15) is 0 Å². The largest absolute Gasteiger partial charge is 0.394 e. The van der Waals surface area contributed by atoms with Gasteiger partial charge in [0.15, 0.2) is 18.9 Å². The molecule has 10 N–H and O–H groups in total. The average molecular weight is 516 g/mol. The van der Waals surface area contributed by atoms with E-state index in [9.17, 15) is 40.9 Å². The zero-order chi connectivity index (χ0) is 25.9. The maximum absolute atomic E-state index is 10.9. The third kappa shape index (κ3) is 6.46. The lowest BCUT2D eigenvalue weighted by Crippen LogP contribution is -2.66. The molecule has 0 aliphatic carbocycles. The Bertz CT molecular complexity index is 633. The summed E-state index contributed by atoms with van der Waals surface area (Å²) in [6.07, 6.45) is -19.2. The Morgan fingerprint density at radius 2 is 1.37 bits per heavy atom. The van der Waals surface area contributed by atoms with E-state index in [2.05, 4.69) is 0 Å². The lowest BCUT2D eigenvalue weighted by molar-refractivity contribution is -0.382. The van der Waals surface area contributed by atoms with Crippen molar-refractivity contribution in [1.29, 1.82) is 0 Å². The van der Waals surface area contributed by atoms with Gasteiger partial charge in [0, 0.05) is 13.0 Å². The number of nitrogens with two attached hydrogens (primary N) is 1. The average Bonchev–Trinajstić information content (AvgIpc) is 2.84. The van der Waals surface area contributed by atoms with Gasteiger partial charge in [-0.15, -0.1) is 0 Å². The smallest absolute Gasteiger partial charge is 0.187 e. The first-order valence-corrected chi connectivity index (χ1v) is 11.5. The van der Waals surface area contributed by atoms with Crippen LogP contribution in [0.4, 0.5) is 0 Å². The lowest BCUT2D eigenvalue weighted by Gasteiger charge is -2.48. The molecular formula is C20H37NO14. The summed E-state index contributed by atoms with van der Waals surface area (Å²) in [6.45, 7) is 0.277. The highest BCUT2D eigenvalue weighted by molar-refractivity contribution is 4.95. The summed E-state index contributed by atoms with van der Waals surface area (Å²) < 4.78 is 33.9. The van der Waals surface area contributed by atoms with Crippen LogP contribution in [0, 0.1) is 0 Å². The van der Waals surface area contributed by atoms with Gasteiger partial charge in [-0.25, -0.2) is 0 Å². The van der Waals surface area contributed by atoms with Crippen molar-refractivity contribution >= 4 is 0 Å². The monoisotopic (exact) mass is 515 g/mol. The third-order valence-electron chi connectivity index (χ3n) is 6.32. The number of ether oxygens (including phenoxy) is 6.